The van der Waals surface area contributed by atoms with Crippen molar-refractivity contribution in [3.05, 3.63) is 70.3 Å². The highest BCUT2D eigenvalue weighted by Gasteiger charge is 2.15. The number of rotatable bonds is 3. The van der Waals surface area contributed by atoms with Crippen LogP contribution in [0.5, 0.6) is 0 Å². The molecule has 0 aliphatic heterocycles. The summed E-state index contributed by atoms with van der Waals surface area (Å²) >= 11 is 0. The number of nitrogens with one attached hydrogen (secondary N) is 1. The number of H-pyrrole nitrogens is 1. The average molecular weight is 359 g/mol. The minimum atomic E-state index is -0.901. The minimum Gasteiger partial charge on any atom is -0.478 e. The van der Waals surface area contributed by atoms with Gasteiger partial charge in [-0.1, -0.05) is 12.1 Å². The molecule has 27 heavy (non-hydrogen) atoms. The minimum absolute atomic E-state index is 0.339. The van der Waals surface area contributed by atoms with Gasteiger partial charge >= 0.3 is 5.97 Å². The number of aromatic carboxylic acids is 1. The first-order valence-corrected chi connectivity index (χ1v) is 8.89. The largest absolute Gasteiger partial charge is 0.478 e. The first-order chi connectivity index (χ1) is 12.8. The molecule has 0 aliphatic carbocycles. The Morgan fingerprint density at radius 1 is 0.852 bits per heavy atom. The first-order valence-electron chi connectivity index (χ1n) is 8.89. The molecule has 2 aromatic heterocycles. The number of benzene rings is 2. The van der Waals surface area contributed by atoms with Gasteiger partial charge in [0, 0.05) is 16.6 Å². The summed E-state index contributed by atoms with van der Waals surface area (Å²) in [4.78, 5) is 14.8. The molecule has 2 aromatic carbocycles. The van der Waals surface area contributed by atoms with Crippen LogP contribution in [0, 0.1) is 27.7 Å². The Hall–Kier alpha value is -3.27. The summed E-state index contributed by atoms with van der Waals surface area (Å²) in [6.07, 6.45) is 0. The molecule has 4 aromatic rings. The summed E-state index contributed by atoms with van der Waals surface area (Å²) in [6, 6.07) is 13.9. The van der Waals surface area contributed by atoms with Crippen molar-refractivity contribution in [1.29, 1.82) is 0 Å². The molecule has 0 saturated carbocycles. The third-order valence-electron chi connectivity index (χ3n) is 5.14. The number of aromatic amines is 1. The smallest absolute Gasteiger partial charge is 0.335 e. The van der Waals surface area contributed by atoms with Gasteiger partial charge in [-0.3, -0.25) is 0 Å². The van der Waals surface area contributed by atoms with Crippen LogP contribution in [-0.4, -0.2) is 16.1 Å². The van der Waals surface area contributed by atoms with Gasteiger partial charge < -0.3 is 14.5 Å². The number of hydrogen-bond acceptors (Lipinski definition) is 2. The molecule has 0 saturated heterocycles. The molecular weight excluding hydrogens is 338 g/mol. The van der Waals surface area contributed by atoms with Gasteiger partial charge in [0.25, 0.3) is 0 Å². The molecule has 2 N–H and O–H groups in total. The summed E-state index contributed by atoms with van der Waals surface area (Å²) in [5.41, 5.74) is 8.06. The number of aryl methyl sites for hydroxylation is 4. The molecule has 0 radical (unpaired) electrons. The number of aromatic nitrogens is 1. The summed E-state index contributed by atoms with van der Waals surface area (Å²) in [5, 5.41) is 10.4. The van der Waals surface area contributed by atoms with Gasteiger partial charge in [-0.15, -0.1) is 0 Å². The van der Waals surface area contributed by atoms with E-state index in [1.165, 1.54) is 5.56 Å². The summed E-state index contributed by atoms with van der Waals surface area (Å²) in [5.74, 6) is -0.104. The van der Waals surface area contributed by atoms with Gasteiger partial charge in [0.05, 0.1) is 11.3 Å². The van der Waals surface area contributed by atoms with E-state index in [0.29, 0.717) is 5.56 Å². The summed E-state index contributed by atoms with van der Waals surface area (Å²) < 4.78 is 6.11. The van der Waals surface area contributed by atoms with E-state index in [4.69, 9.17) is 4.42 Å². The molecular formula is C23H21NO3. The predicted octanol–water partition coefficient (Wildman–Crippen LogP) is 6.03. The number of fused-ring (bicyclic) bond motifs is 1. The van der Waals surface area contributed by atoms with Crippen molar-refractivity contribution in [3.63, 3.8) is 0 Å². The fourth-order valence-corrected chi connectivity index (χ4v) is 3.56. The quantitative estimate of drug-likeness (QED) is 0.469. The van der Waals surface area contributed by atoms with E-state index in [-0.39, 0.29) is 0 Å². The van der Waals surface area contributed by atoms with Gasteiger partial charge in [-0.25, -0.2) is 4.79 Å². The van der Waals surface area contributed by atoms with Crippen LogP contribution < -0.4 is 0 Å². The SMILES string of the molecule is Cc1cc(-c2ccc(-c3cc4c(C)ccc(C)c4o3)[nH]2)c(C)cc1C(=O)O. The molecule has 0 amide bonds. The third kappa shape index (κ3) is 2.83. The summed E-state index contributed by atoms with van der Waals surface area (Å²) in [6.45, 7) is 7.87. The maximum atomic E-state index is 11.3. The normalized spacial score (nSPS) is 11.3. The molecule has 0 bridgehead atoms. The van der Waals surface area contributed by atoms with Crippen LogP contribution in [0.15, 0.2) is 46.9 Å². The Kier molecular flexibility index (Phi) is 3.92. The van der Waals surface area contributed by atoms with Crippen LogP contribution in [0.3, 0.4) is 0 Å². The topological polar surface area (TPSA) is 66.2 Å². The maximum Gasteiger partial charge on any atom is 0.335 e. The van der Waals surface area contributed by atoms with Gasteiger partial charge in [-0.2, -0.15) is 0 Å². The van der Waals surface area contributed by atoms with Crippen LogP contribution >= 0.6 is 0 Å². The molecule has 0 atom stereocenters. The highest BCUT2D eigenvalue weighted by Crippen LogP contribution is 2.33. The highest BCUT2D eigenvalue weighted by atomic mass is 16.4. The Morgan fingerprint density at radius 2 is 1.56 bits per heavy atom. The molecule has 4 rings (SSSR count). The van der Waals surface area contributed by atoms with E-state index in [1.807, 2.05) is 39.0 Å². The standard InChI is InChI=1S/C23H21NO3/c1-12-5-6-13(2)22-17(12)11-21(27-22)20-8-7-19(24-20)16-9-15(4)18(23(25)26)10-14(16)3/h5-11,24H,1-4H3,(H,25,26). The molecule has 136 valence electrons. The third-order valence-corrected chi connectivity index (χ3v) is 5.14. The molecule has 0 spiro atoms. The fourth-order valence-electron chi connectivity index (χ4n) is 3.56. The number of carboxylic acids is 1. The Labute approximate surface area is 157 Å². The van der Waals surface area contributed by atoms with E-state index in [1.54, 1.807) is 6.07 Å². The lowest BCUT2D eigenvalue weighted by atomic mass is 9.98. The zero-order chi connectivity index (χ0) is 19.3. The van der Waals surface area contributed by atoms with Crippen LogP contribution in [0.4, 0.5) is 0 Å². The van der Waals surface area contributed by atoms with E-state index in [0.717, 1.165) is 50.4 Å². The Bertz CT molecular complexity index is 1160. The number of hydrogen-bond donors (Lipinski definition) is 2. The lowest BCUT2D eigenvalue weighted by Crippen LogP contribution is -2.01. The Balaban J connectivity index is 1.79. The zero-order valence-electron chi connectivity index (χ0n) is 15.8. The second-order valence-electron chi connectivity index (χ2n) is 7.13. The van der Waals surface area contributed by atoms with Gasteiger partial charge in [-0.05, 0) is 80.3 Å². The molecule has 4 heteroatoms. The van der Waals surface area contributed by atoms with Crippen molar-refractivity contribution in [3.8, 4) is 22.7 Å². The second-order valence-corrected chi connectivity index (χ2v) is 7.13. The number of carboxylic acid groups (broad SMARTS) is 1. The molecule has 2 heterocycles. The lowest BCUT2D eigenvalue weighted by Gasteiger charge is -2.08. The average Bonchev–Trinajstić information content (AvgIpc) is 3.27. The summed E-state index contributed by atoms with van der Waals surface area (Å²) in [7, 11) is 0. The van der Waals surface area contributed by atoms with Gasteiger partial charge in [0.1, 0.15) is 5.58 Å². The van der Waals surface area contributed by atoms with Crippen LogP contribution in [-0.2, 0) is 0 Å². The highest BCUT2D eigenvalue weighted by molar-refractivity contribution is 5.91. The van der Waals surface area contributed by atoms with Crippen LogP contribution in [0.25, 0.3) is 33.7 Å². The fraction of sp³-hybridized carbons (Fsp3) is 0.174. The number of furan rings is 1. The molecule has 0 unspecified atom stereocenters. The van der Waals surface area contributed by atoms with Crippen molar-refractivity contribution in [2.24, 2.45) is 0 Å². The van der Waals surface area contributed by atoms with E-state index in [2.05, 4.69) is 30.1 Å². The van der Waals surface area contributed by atoms with Crippen molar-refractivity contribution in [2.75, 3.05) is 0 Å². The van der Waals surface area contributed by atoms with E-state index >= 15 is 0 Å². The van der Waals surface area contributed by atoms with Crippen LogP contribution in [0.1, 0.15) is 32.6 Å². The molecule has 0 aliphatic rings. The van der Waals surface area contributed by atoms with Gasteiger partial charge in [0.15, 0.2) is 5.76 Å². The second kappa shape index (κ2) is 6.16. The molecule has 0 fully saturated rings. The van der Waals surface area contributed by atoms with E-state index < -0.39 is 5.97 Å². The lowest BCUT2D eigenvalue weighted by molar-refractivity contribution is 0.0696. The van der Waals surface area contributed by atoms with Crippen molar-refractivity contribution >= 4 is 16.9 Å². The zero-order valence-corrected chi connectivity index (χ0v) is 15.8. The van der Waals surface area contributed by atoms with E-state index in [9.17, 15) is 9.90 Å². The molecule has 4 nitrogen and oxygen atoms in total. The first kappa shape index (κ1) is 17.2. The van der Waals surface area contributed by atoms with Crippen molar-refractivity contribution in [2.45, 2.75) is 27.7 Å². The van der Waals surface area contributed by atoms with Crippen molar-refractivity contribution in [1.82, 2.24) is 4.98 Å². The van der Waals surface area contributed by atoms with Crippen molar-refractivity contribution < 1.29 is 14.3 Å². The van der Waals surface area contributed by atoms with Gasteiger partial charge in [0.2, 0.25) is 0 Å². The predicted molar refractivity (Wildman–Crippen MR) is 107 cm³/mol. The monoisotopic (exact) mass is 359 g/mol. The Morgan fingerprint density at radius 3 is 2.26 bits per heavy atom. The number of carbonyl (C=O) groups is 1. The van der Waals surface area contributed by atoms with Crippen LogP contribution in [0.2, 0.25) is 0 Å². The maximum absolute atomic E-state index is 11.3.